The van der Waals surface area contributed by atoms with Gasteiger partial charge in [0.1, 0.15) is 0 Å². The van der Waals surface area contributed by atoms with E-state index in [2.05, 4.69) is 10.3 Å². The molecule has 0 radical (unpaired) electrons. The predicted octanol–water partition coefficient (Wildman–Crippen LogP) is 0.901. The van der Waals surface area contributed by atoms with E-state index in [4.69, 9.17) is 5.11 Å². The second-order valence-corrected chi connectivity index (χ2v) is 3.82. The zero-order valence-corrected chi connectivity index (χ0v) is 8.63. The number of aryl methyl sites for hydroxylation is 1. The van der Waals surface area contributed by atoms with Gasteiger partial charge in [0.25, 0.3) is 0 Å². The number of nitrogens with zero attached hydrogens (tertiary/aromatic N) is 4. The first-order valence-corrected chi connectivity index (χ1v) is 5.03. The fourth-order valence-electron chi connectivity index (χ4n) is 1.96. The summed E-state index contributed by atoms with van der Waals surface area (Å²) in [6.45, 7) is 3.13. The van der Waals surface area contributed by atoms with Gasteiger partial charge in [0.05, 0.1) is 17.9 Å². The molecule has 1 aromatic rings. The molecule has 0 bridgehead atoms. The SMILES string of the molecule is Cc1cnnn1C1CCN(C(=O)O)CC1. The van der Waals surface area contributed by atoms with Gasteiger partial charge in [-0.25, -0.2) is 9.48 Å². The Hall–Kier alpha value is -1.59. The van der Waals surface area contributed by atoms with E-state index in [1.807, 2.05) is 11.6 Å². The maximum atomic E-state index is 10.7. The van der Waals surface area contributed by atoms with Crippen LogP contribution in [0, 0.1) is 6.92 Å². The number of carbonyl (C=O) groups is 1. The third kappa shape index (κ3) is 1.93. The average molecular weight is 210 g/mol. The topological polar surface area (TPSA) is 71.2 Å². The highest BCUT2D eigenvalue weighted by molar-refractivity contribution is 5.64. The highest BCUT2D eigenvalue weighted by Crippen LogP contribution is 2.22. The van der Waals surface area contributed by atoms with Crippen molar-refractivity contribution in [2.45, 2.75) is 25.8 Å². The second kappa shape index (κ2) is 3.88. The van der Waals surface area contributed by atoms with Crippen LogP contribution in [0.15, 0.2) is 6.20 Å². The normalized spacial score (nSPS) is 18.1. The number of carboxylic acid groups (broad SMARTS) is 1. The lowest BCUT2D eigenvalue weighted by Crippen LogP contribution is -2.38. The van der Waals surface area contributed by atoms with Crippen LogP contribution in [-0.2, 0) is 0 Å². The van der Waals surface area contributed by atoms with Crippen molar-refractivity contribution < 1.29 is 9.90 Å². The fraction of sp³-hybridized carbons (Fsp3) is 0.667. The Kier molecular flexibility index (Phi) is 2.57. The molecule has 1 aromatic heterocycles. The van der Waals surface area contributed by atoms with Gasteiger partial charge < -0.3 is 10.0 Å². The van der Waals surface area contributed by atoms with Crippen molar-refractivity contribution in [3.63, 3.8) is 0 Å². The summed E-state index contributed by atoms with van der Waals surface area (Å²) in [7, 11) is 0. The van der Waals surface area contributed by atoms with Gasteiger partial charge in [-0.15, -0.1) is 5.10 Å². The largest absolute Gasteiger partial charge is 0.465 e. The Balaban J connectivity index is 2.00. The van der Waals surface area contributed by atoms with Gasteiger partial charge >= 0.3 is 6.09 Å². The molecule has 1 saturated heterocycles. The summed E-state index contributed by atoms with van der Waals surface area (Å²) in [5.74, 6) is 0. The van der Waals surface area contributed by atoms with Crippen molar-refractivity contribution >= 4 is 6.09 Å². The molecular weight excluding hydrogens is 196 g/mol. The van der Waals surface area contributed by atoms with Crippen LogP contribution in [0.3, 0.4) is 0 Å². The minimum Gasteiger partial charge on any atom is -0.465 e. The summed E-state index contributed by atoms with van der Waals surface area (Å²) in [5.41, 5.74) is 1.03. The lowest BCUT2D eigenvalue weighted by Gasteiger charge is -2.30. The zero-order chi connectivity index (χ0) is 10.8. The molecular formula is C9H14N4O2. The van der Waals surface area contributed by atoms with Gasteiger partial charge in [0, 0.05) is 13.1 Å². The quantitative estimate of drug-likeness (QED) is 0.747. The van der Waals surface area contributed by atoms with Crippen LogP contribution in [0.4, 0.5) is 4.79 Å². The number of rotatable bonds is 1. The lowest BCUT2D eigenvalue weighted by molar-refractivity contribution is 0.123. The number of hydrogen-bond donors (Lipinski definition) is 1. The molecule has 1 fully saturated rings. The van der Waals surface area contributed by atoms with E-state index in [-0.39, 0.29) is 0 Å². The van der Waals surface area contributed by atoms with Gasteiger partial charge in [0.2, 0.25) is 0 Å². The van der Waals surface area contributed by atoms with Crippen LogP contribution in [0.2, 0.25) is 0 Å². The first-order chi connectivity index (χ1) is 7.18. The van der Waals surface area contributed by atoms with Crippen molar-refractivity contribution in [2.24, 2.45) is 0 Å². The highest BCUT2D eigenvalue weighted by Gasteiger charge is 2.24. The fourth-order valence-corrected chi connectivity index (χ4v) is 1.96. The van der Waals surface area contributed by atoms with E-state index in [9.17, 15) is 4.79 Å². The molecule has 1 aliphatic heterocycles. The number of likely N-dealkylation sites (tertiary alicyclic amines) is 1. The Morgan fingerprint density at radius 1 is 1.53 bits per heavy atom. The Bertz CT molecular complexity index is 355. The van der Waals surface area contributed by atoms with Gasteiger partial charge in [-0.05, 0) is 19.8 Å². The van der Waals surface area contributed by atoms with Gasteiger partial charge in [-0.3, -0.25) is 0 Å². The van der Waals surface area contributed by atoms with E-state index in [1.54, 1.807) is 6.20 Å². The van der Waals surface area contributed by atoms with Gasteiger partial charge in [0.15, 0.2) is 0 Å². The molecule has 0 atom stereocenters. The van der Waals surface area contributed by atoms with Crippen LogP contribution >= 0.6 is 0 Å². The zero-order valence-electron chi connectivity index (χ0n) is 8.63. The van der Waals surface area contributed by atoms with Crippen LogP contribution in [0.1, 0.15) is 24.6 Å². The number of aromatic nitrogens is 3. The standard InChI is InChI=1S/C9H14N4O2/c1-7-6-10-11-13(7)8-2-4-12(5-3-8)9(14)15/h6,8H,2-5H2,1H3,(H,14,15). The molecule has 0 spiro atoms. The van der Waals surface area contributed by atoms with Crippen molar-refractivity contribution in [2.75, 3.05) is 13.1 Å². The number of piperidine rings is 1. The maximum absolute atomic E-state index is 10.7. The average Bonchev–Trinajstić information content (AvgIpc) is 2.65. The van der Waals surface area contributed by atoms with Crippen molar-refractivity contribution in [1.29, 1.82) is 0 Å². The summed E-state index contributed by atoms with van der Waals surface area (Å²) in [5, 5.41) is 16.6. The van der Waals surface area contributed by atoms with Crippen LogP contribution in [0.25, 0.3) is 0 Å². The molecule has 15 heavy (non-hydrogen) atoms. The highest BCUT2D eigenvalue weighted by atomic mass is 16.4. The summed E-state index contributed by atoms with van der Waals surface area (Å²) in [6.07, 6.45) is 2.53. The molecule has 2 heterocycles. The van der Waals surface area contributed by atoms with E-state index in [0.717, 1.165) is 18.5 Å². The summed E-state index contributed by atoms with van der Waals surface area (Å²) >= 11 is 0. The monoisotopic (exact) mass is 210 g/mol. The smallest absolute Gasteiger partial charge is 0.407 e. The molecule has 0 unspecified atom stereocenters. The summed E-state index contributed by atoms with van der Waals surface area (Å²) < 4.78 is 1.89. The number of hydrogen-bond acceptors (Lipinski definition) is 3. The van der Waals surface area contributed by atoms with Crippen molar-refractivity contribution in [1.82, 2.24) is 19.9 Å². The Morgan fingerprint density at radius 2 is 2.20 bits per heavy atom. The minimum atomic E-state index is -0.830. The van der Waals surface area contributed by atoms with Crippen molar-refractivity contribution in [3.05, 3.63) is 11.9 Å². The first kappa shape index (κ1) is 9.95. The molecule has 1 aliphatic rings. The molecule has 0 aromatic carbocycles. The molecule has 2 rings (SSSR count). The van der Waals surface area contributed by atoms with Crippen molar-refractivity contribution in [3.8, 4) is 0 Å². The Morgan fingerprint density at radius 3 is 2.67 bits per heavy atom. The second-order valence-electron chi connectivity index (χ2n) is 3.82. The van der Waals surface area contributed by atoms with Gasteiger partial charge in [-0.1, -0.05) is 5.21 Å². The summed E-state index contributed by atoms with van der Waals surface area (Å²) in [6, 6.07) is 0.295. The molecule has 1 N–H and O–H groups in total. The summed E-state index contributed by atoms with van der Waals surface area (Å²) in [4.78, 5) is 12.2. The Labute approximate surface area is 87.5 Å². The molecule has 82 valence electrons. The molecule has 6 heteroatoms. The van der Waals surface area contributed by atoms with Crippen LogP contribution in [0.5, 0.6) is 0 Å². The molecule has 1 amide bonds. The molecule has 6 nitrogen and oxygen atoms in total. The molecule has 0 saturated carbocycles. The van der Waals surface area contributed by atoms with E-state index in [1.165, 1.54) is 4.90 Å². The number of amides is 1. The van der Waals surface area contributed by atoms with Crippen LogP contribution < -0.4 is 0 Å². The van der Waals surface area contributed by atoms with E-state index < -0.39 is 6.09 Å². The van der Waals surface area contributed by atoms with Gasteiger partial charge in [-0.2, -0.15) is 0 Å². The minimum absolute atomic E-state index is 0.295. The third-order valence-corrected chi connectivity index (χ3v) is 2.83. The maximum Gasteiger partial charge on any atom is 0.407 e. The van der Waals surface area contributed by atoms with E-state index >= 15 is 0 Å². The van der Waals surface area contributed by atoms with Crippen LogP contribution in [-0.4, -0.2) is 44.2 Å². The third-order valence-electron chi connectivity index (χ3n) is 2.83. The van der Waals surface area contributed by atoms with E-state index in [0.29, 0.717) is 19.1 Å². The predicted molar refractivity (Wildman–Crippen MR) is 52.6 cm³/mol. The first-order valence-electron chi connectivity index (χ1n) is 5.03. The molecule has 0 aliphatic carbocycles. The lowest BCUT2D eigenvalue weighted by atomic mass is 10.1.